The Labute approximate surface area is 77.9 Å². The summed E-state index contributed by atoms with van der Waals surface area (Å²) in [4.78, 5) is 22.2. The number of rotatable bonds is 5. The van der Waals surface area contributed by atoms with Gasteiger partial charge in [0.1, 0.15) is 11.7 Å². The molecule has 4 nitrogen and oxygen atoms in total. The summed E-state index contributed by atoms with van der Waals surface area (Å²) < 4.78 is 4.67. The second-order valence-corrected chi connectivity index (χ2v) is 2.82. The van der Waals surface area contributed by atoms with Gasteiger partial charge in [-0.15, -0.1) is 0 Å². The van der Waals surface area contributed by atoms with Crippen molar-refractivity contribution in [2.24, 2.45) is 5.92 Å². The molecule has 0 aromatic heterocycles. The van der Waals surface area contributed by atoms with Crippen molar-refractivity contribution in [2.45, 2.75) is 33.3 Å². The van der Waals surface area contributed by atoms with Crippen LogP contribution in [-0.4, -0.2) is 29.6 Å². The molecule has 2 unspecified atom stereocenters. The summed E-state index contributed by atoms with van der Waals surface area (Å²) >= 11 is 0. The molecule has 0 saturated carbocycles. The van der Waals surface area contributed by atoms with Gasteiger partial charge in [-0.1, -0.05) is 6.92 Å². The number of aliphatic hydroxyl groups is 1. The maximum Gasteiger partial charge on any atom is 0.319 e. The summed E-state index contributed by atoms with van der Waals surface area (Å²) in [5.74, 6) is -2.01. The van der Waals surface area contributed by atoms with E-state index >= 15 is 0 Å². The minimum atomic E-state index is -1.02. The second-order valence-electron chi connectivity index (χ2n) is 2.82. The van der Waals surface area contributed by atoms with Crippen molar-refractivity contribution < 1.29 is 19.4 Å². The molecule has 0 heterocycles. The van der Waals surface area contributed by atoms with Gasteiger partial charge in [0.25, 0.3) is 0 Å². The summed E-state index contributed by atoms with van der Waals surface area (Å²) in [6.07, 6.45) is -0.570. The standard InChI is InChI=1S/C9H16O4/c1-4-7(11)8(6(3)10)9(12)13-5-2/h7-8,11H,4-5H2,1-3H3. The van der Waals surface area contributed by atoms with E-state index in [2.05, 4.69) is 4.74 Å². The highest BCUT2D eigenvalue weighted by molar-refractivity contribution is 5.98. The Hall–Kier alpha value is -0.900. The molecule has 0 rings (SSSR count). The first-order valence-electron chi connectivity index (χ1n) is 4.39. The Morgan fingerprint density at radius 3 is 2.23 bits per heavy atom. The van der Waals surface area contributed by atoms with Crippen molar-refractivity contribution in [3.8, 4) is 0 Å². The van der Waals surface area contributed by atoms with E-state index in [0.717, 1.165) is 0 Å². The highest BCUT2D eigenvalue weighted by Gasteiger charge is 2.31. The van der Waals surface area contributed by atoms with Crippen LogP contribution in [-0.2, 0) is 14.3 Å². The maximum atomic E-state index is 11.2. The lowest BCUT2D eigenvalue weighted by Crippen LogP contribution is -2.34. The van der Waals surface area contributed by atoms with E-state index in [9.17, 15) is 14.7 Å². The molecule has 0 amide bonds. The molecule has 0 aromatic rings. The molecule has 0 aliphatic rings. The van der Waals surface area contributed by atoms with Crippen molar-refractivity contribution in [1.82, 2.24) is 0 Å². The van der Waals surface area contributed by atoms with Crippen LogP contribution in [0.25, 0.3) is 0 Å². The zero-order chi connectivity index (χ0) is 10.4. The van der Waals surface area contributed by atoms with Crippen molar-refractivity contribution in [2.75, 3.05) is 6.61 Å². The Bertz CT molecular complexity index is 188. The van der Waals surface area contributed by atoms with Crippen LogP contribution in [0.4, 0.5) is 0 Å². The average Bonchev–Trinajstić information content (AvgIpc) is 2.04. The quantitative estimate of drug-likeness (QED) is 0.505. The van der Waals surface area contributed by atoms with E-state index in [-0.39, 0.29) is 12.4 Å². The van der Waals surface area contributed by atoms with E-state index in [1.54, 1.807) is 13.8 Å². The van der Waals surface area contributed by atoms with Gasteiger partial charge < -0.3 is 9.84 Å². The first kappa shape index (κ1) is 12.1. The first-order valence-corrected chi connectivity index (χ1v) is 4.39. The van der Waals surface area contributed by atoms with Gasteiger partial charge in [-0.25, -0.2) is 0 Å². The SMILES string of the molecule is CCOC(=O)C(C(C)=O)C(O)CC. The minimum absolute atomic E-state index is 0.221. The van der Waals surface area contributed by atoms with Gasteiger partial charge in [0, 0.05) is 0 Å². The number of carbonyl (C=O) groups excluding carboxylic acids is 2. The Balaban J connectivity index is 4.41. The van der Waals surface area contributed by atoms with Crippen LogP contribution in [0.2, 0.25) is 0 Å². The molecule has 4 heteroatoms. The summed E-state index contributed by atoms with van der Waals surface area (Å²) in [6, 6.07) is 0. The number of Topliss-reactive ketones (excluding diaryl/α,β-unsaturated/α-hetero) is 1. The lowest BCUT2D eigenvalue weighted by molar-refractivity contribution is -0.155. The van der Waals surface area contributed by atoms with Crippen LogP contribution in [0.15, 0.2) is 0 Å². The molecule has 2 atom stereocenters. The third-order valence-electron chi connectivity index (χ3n) is 1.78. The van der Waals surface area contributed by atoms with Crippen LogP contribution in [0.1, 0.15) is 27.2 Å². The van der Waals surface area contributed by atoms with E-state index in [1.807, 2.05) is 0 Å². The Morgan fingerprint density at radius 2 is 1.92 bits per heavy atom. The van der Waals surface area contributed by atoms with Gasteiger partial charge in [-0.05, 0) is 20.3 Å². The predicted octanol–water partition coefficient (Wildman–Crippen LogP) is 0.526. The molecule has 0 bridgehead atoms. The molecular formula is C9H16O4. The molecule has 0 spiro atoms. The van der Waals surface area contributed by atoms with Gasteiger partial charge in [0.05, 0.1) is 12.7 Å². The third-order valence-corrected chi connectivity index (χ3v) is 1.78. The number of carbonyl (C=O) groups is 2. The Kier molecular flexibility index (Phi) is 5.30. The van der Waals surface area contributed by atoms with E-state index in [0.29, 0.717) is 6.42 Å². The molecule has 1 N–H and O–H groups in total. The van der Waals surface area contributed by atoms with Crippen LogP contribution >= 0.6 is 0 Å². The predicted molar refractivity (Wildman–Crippen MR) is 47.1 cm³/mol. The molecule has 0 radical (unpaired) electrons. The van der Waals surface area contributed by atoms with Crippen molar-refractivity contribution in [3.05, 3.63) is 0 Å². The van der Waals surface area contributed by atoms with Crippen molar-refractivity contribution in [1.29, 1.82) is 0 Å². The van der Waals surface area contributed by atoms with Crippen molar-refractivity contribution in [3.63, 3.8) is 0 Å². The lowest BCUT2D eigenvalue weighted by atomic mass is 9.97. The average molecular weight is 188 g/mol. The van der Waals surface area contributed by atoms with Crippen LogP contribution in [0, 0.1) is 5.92 Å². The van der Waals surface area contributed by atoms with Crippen LogP contribution < -0.4 is 0 Å². The van der Waals surface area contributed by atoms with Crippen LogP contribution in [0.3, 0.4) is 0 Å². The monoisotopic (exact) mass is 188 g/mol. The number of hydrogen-bond acceptors (Lipinski definition) is 4. The summed E-state index contributed by atoms with van der Waals surface area (Å²) in [5.41, 5.74) is 0. The number of esters is 1. The molecule has 76 valence electrons. The maximum absolute atomic E-state index is 11.2. The first-order chi connectivity index (χ1) is 6.04. The number of ether oxygens (including phenoxy) is 1. The Morgan fingerprint density at radius 1 is 1.38 bits per heavy atom. The van der Waals surface area contributed by atoms with Gasteiger partial charge in [-0.3, -0.25) is 9.59 Å². The zero-order valence-electron chi connectivity index (χ0n) is 8.24. The van der Waals surface area contributed by atoms with E-state index in [1.165, 1.54) is 6.92 Å². The lowest BCUT2D eigenvalue weighted by Gasteiger charge is -2.16. The molecule has 0 fully saturated rings. The van der Waals surface area contributed by atoms with Gasteiger partial charge in [0.2, 0.25) is 0 Å². The van der Waals surface area contributed by atoms with Crippen molar-refractivity contribution >= 4 is 11.8 Å². The fraction of sp³-hybridized carbons (Fsp3) is 0.778. The normalized spacial score (nSPS) is 14.8. The molecule has 0 aliphatic heterocycles. The minimum Gasteiger partial charge on any atom is -0.465 e. The zero-order valence-corrected chi connectivity index (χ0v) is 8.24. The third kappa shape index (κ3) is 3.55. The van der Waals surface area contributed by atoms with E-state index in [4.69, 9.17) is 0 Å². The van der Waals surface area contributed by atoms with Crippen LogP contribution in [0.5, 0.6) is 0 Å². The molecule has 0 aromatic carbocycles. The fourth-order valence-electron chi connectivity index (χ4n) is 1.06. The number of ketones is 1. The van der Waals surface area contributed by atoms with E-state index < -0.39 is 18.0 Å². The van der Waals surface area contributed by atoms with Gasteiger partial charge >= 0.3 is 5.97 Å². The number of hydrogen-bond donors (Lipinski definition) is 1. The fourth-order valence-corrected chi connectivity index (χ4v) is 1.06. The molecule has 0 aliphatic carbocycles. The van der Waals surface area contributed by atoms with Gasteiger partial charge in [0.15, 0.2) is 0 Å². The summed E-state index contributed by atoms with van der Waals surface area (Å²) in [6.45, 7) is 4.87. The second kappa shape index (κ2) is 5.70. The molecular weight excluding hydrogens is 172 g/mol. The molecule has 0 saturated heterocycles. The topological polar surface area (TPSA) is 63.6 Å². The highest BCUT2D eigenvalue weighted by Crippen LogP contribution is 2.11. The smallest absolute Gasteiger partial charge is 0.319 e. The summed E-state index contributed by atoms with van der Waals surface area (Å²) in [5, 5.41) is 9.36. The largest absolute Gasteiger partial charge is 0.465 e. The number of aliphatic hydroxyl groups excluding tert-OH is 1. The summed E-state index contributed by atoms with van der Waals surface area (Å²) in [7, 11) is 0. The molecule has 13 heavy (non-hydrogen) atoms. The highest BCUT2D eigenvalue weighted by atomic mass is 16.5. The van der Waals surface area contributed by atoms with Gasteiger partial charge in [-0.2, -0.15) is 0 Å².